The van der Waals surface area contributed by atoms with Gasteiger partial charge < -0.3 is 9.64 Å². The zero-order valence-electron chi connectivity index (χ0n) is 14.8. The molecule has 1 spiro atoms. The number of carbonyl (C=O) groups excluding carboxylic acids is 1. The first-order valence-corrected chi connectivity index (χ1v) is 10.0. The third-order valence-electron chi connectivity index (χ3n) is 6.71. The number of carbonyl (C=O) groups is 1. The van der Waals surface area contributed by atoms with E-state index in [0.29, 0.717) is 24.5 Å². The summed E-state index contributed by atoms with van der Waals surface area (Å²) in [6.45, 7) is 3.18. The molecule has 24 heavy (non-hydrogen) atoms. The number of hydrogen-bond donors (Lipinski definition) is 0. The van der Waals surface area contributed by atoms with Crippen LogP contribution in [0.1, 0.15) is 37.0 Å². The first-order chi connectivity index (χ1) is 11.5. The Kier molecular flexibility index (Phi) is 4.22. The Morgan fingerprint density at radius 2 is 2.00 bits per heavy atom. The summed E-state index contributed by atoms with van der Waals surface area (Å²) in [4.78, 5) is 18.6. The Bertz CT molecular complexity index is 587. The third-order valence-corrected chi connectivity index (χ3v) is 7.77. The van der Waals surface area contributed by atoms with Crippen molar-refractivity contribution in [3.63, 3.8) is 0 Å². The molecule has 0 atom stereocenters. The van der Waals surface area contributed by atoms with Crippen LogP contribution in [0.4, 0.5) is 0 Å². The predicted molar refractivity (Wildman–Crippen MR) is 96.1 cm³/mol. The lowest BCUT2D eigenvalue weighted by atomic mass is 9.66. The highest BCUT2D eigenvalue weighted by molar-refractivity contribution is 7.10. The van der Waals surface area contributed by atoms with Crippen molar-refractivity contribution in [3.05, 3.63) is 22.4 Å². The normalized spacial score (nSPS) is 34.0. The van der Waals surface area contributed by atoms with Crippen LogP contribution in [0.2, 0.25) is 0 Å². The van der Waals surface area contributed by atoms with Crippen LogP contribution in [-0.4, -0.2) is 56.1 Å². The van der Waals surface area contributed by atoms with E-state index in [1.165, 1.54) is 37.0 Å². The molecular formula is C19H28N2O2S. The van der Waals surface area contributed by atoms with Crippen molar-refractivity contribution in [2.45, 2.75) is 37.6 Å². The highest BCUT2D eigenvalue weighted by Gasteiger charge is 2.49. The monoisotopic (exact) mass is 348 g/mol. The Morgan fingerprint density at radius 1 is 1.25 bits per heavy atom. The van der Waals surface area contributed by atoms with Crippen LogP contribution < -0.4 is 0 Å². The predicted octanol–water partition coefficient (Wildman–Crippen LogP) is 2.94. The molecule has 0 unspecified atom stereocenters. The van der Waals surface area contributed by atoms with Gasteiger partial charge in [-0.15, -0.1) is 11.3 Å². The molecule has 1 aliphatic carbocycles. The first-order valence-electron chi connectivity index (χ1n) is 9.13. The molecule has 1 aromatic heterocycles. The molecule has 4 rings (SSSR count). The largest absolute Gasteiger partial charge is 0.380 e. The van der Waals surface area contributed by atoms with Crippen molar-refractivity contribution in [2.24, 2.45) is 11.3 Å². The van der Waals surface area contributed by atoms with Gasteiger partial charge in [0.1, 0.15) is 0 Å². The Morgan fingerprint density at radius 3 is 2.54 bits per heavy atom. The van der Waals surface area contributed by atoms with Crippen molar-refractivity contribution < 1.29 is 9.53 Å². The number of amides is 1. The summed E-state index contributed by atoms with van der Waals surface area (Å²) in [7, 11) is 4.44. The minimum Gasteiger partial charge on any atom is -0.380 e. The summed E-state index contributed by atoms with van der Waals surface area (Å²) >= 11 is 1.89. The van der Waals surface area contributed by atoms with E-state index < -0.39 is 0 Å². The minimum absolute atomic E-state index is 0.135. The topological polar surface area (TPSA) is 32.8 Å². The van der Waals surface area contributed by atoms with E-state index in [2.05, 4.69) is 41.4 Å². The number of thiophene rings is 1. The van der Waals surface area contributed by atoms with Crippen LogP contribution >= 0.6 is 11.3 Å². The molecule has 0 aromatic carbocycles. The van der Waals surface area contributed by atoms with E-state index in [0.717, 1.165) is 13.1 Å². The number of ether oxygens (including phenoxy) is 1. The van der Waals surface area contributed by atoms with Crippen molar-refractivity contribution >= 4 is 17.2 Å². The maximum atomic E-state index is 12.5. The first kappa shape index (κ1) is 16.6. The molecule has 0 bridgehead atoms. The van der Waals surface area contributed by atoms with Crippen molar-refractivity contribution in [2.75, 3.05) is 40.4 Å². The fourth-order valence-corrected chi connectivity index (χ4v) is 5.89. The average Bonchev–Trinajstić information content (AvgIpc) is 3.17. The molecule has 132 valence electrons. The average molecular weight is 349 g/mol. The third kappa shape index (κ3) is 2.61. The van der Waals surface area contributed by atoms with E-state index in [4.69, 9.17) is 4.74 Å². The highest BCUT2D eigenvalue weighted by atomic mass is 32.1. The van der Waals surface area contributed by atoms with Gasteiger partial charge in [0.2, 0.25) is 5.91 Å². The molecule has 1 saturated carbocycles. The maximum absolute atomic E-state index is 12.5. The summed E-state index contributed by atoms with van der Waals surface area (Å²) in [5.41, 5.74) is 0.551. The summed E-state index contributed by atoms with van der Waals surface area (Å²) in [6.07, 6.45) is 6.05. The second kappa shape index (κ2) is 6.11. The number of likely N-dealkylation sites (tertiary alicyclic amines) is 1. The van der Waals surface area contributed by atoms with Crippen LogP contribution in [0.25, 0.3) is 0 Å². The summed E-state index contributed by atoms with van der Waals surface area (Å²) in [6, 6.07) is 4.47. The number of hydrogen-bond acceptors (Lipinski definition) is 4. The Balaban J connectivity index is 1.45. The maximum Gasteiger partial charge on any atom is 0.230 e. The summed E-state index contributed by atoms with van der Waals surface area (Å²) in [5.74, 6) is 0.469. The van der Waals surface area contributed by atoms with E-state index in [9.17, 15) is 4.79 Å². The lowest BCUT2D eigenvalue weighted by molar-refractivity contribution is -0.149. The molecule has 4 nitrogen and oxygen atoms in total. The van der Waals surface area contributed by atoms with Gasteiger partial charge in [-0.2, -0.15) is 0 Å². The molecule has 2 saturated heterocycles. The quantitative estimate of drug-likeness (QED) is 0.842. The van der Waals surface area contributed by atoms with Crippen LogP contribution in [0.3, 0.4) is 0 Å². The fraction of sp³-hybridized carbons (Fsp3) is 0.737. The van der Waals surface area contributed by atoms with Gasteiger partial charge in [0.25, 0.3) is 0 Å². The molecule has 0 radical (unpaired) electrons. The van der Waals surface area contributed by atoms with Gasteiger partial charge in [0.05, 0.1) is 24.7 Å². The van der Waals surface area contributed by atoms with Gasteiger partial charge >= 0.3 is 0 Å². The van der Waals surface area contributed by atoms with Crippen molar-refractivity contribution in [3.8, 4) is 0 Å². The molecule has 3 aliphatic rings. The molecule has 1 amide bonds. The van der Waals surface area contributed by atoms with Gasteiger partial charge in [-0.05, 0) is 63.1 Å². The Hall–Kier alpha value is -0.910. The van der Waals surface area contributed by atoms with E-state index in [-0.39, 0.29) is 11.5 Å². The highest BCUT2D eigenvalue weighted by Crippen LogP contribution is 2.52. The molecule has 0 N–H and O–H groups in total. The second-order valence-electron chi connectivity index (χ2n) is 8.15. The van der Waals surface area contributed by atoms with Gasteiger partial charge in [-0.25, -0.2) is 0 Å². The van der Waals surface area contributed by atoms with Gasteiger partial charge in [-0.1, -0.05) is 6.07 Å². The van der Waals surface area contributed by atoms with Crippen LogP contribution in [0, 0.1) is 11.3 Å². The standard InChI is InChI=1S/C19H28N2O2S/c1-20(2)19(16-4-3-11-24-16)7-5-18(6-8-19)9-10-21(14-18)17(22)15-12-23-13-15/h3-4,11,15H,5-10,12-14H2,1-2H3. The van der Waals surface area contributed by atoms with Crippen LogP contribution in [0.5, 0.6) is 0 Å². The smallest absolute Gasteiger partial charge is 0.230 e. The number of nitrogens with zero attached hydrogens (tertiary/aromatic N) is 2. The molecular weight excluding hydrogens is 320 g/mol. The van der Waals surface area contributed by atoms with Gasteiger partial charge in [-0.3, -0.25) is 9.69 Å². The van der Waals surface area contributed by atoms with Crippen LogP contribution in [0.15, 0.2) is 17.5 Å². The summed E-state index contributed by atoms with van der Waals surface area (Å²) in [5, 5.41) is 2.20. The SMILES string of the molecule is CN(C)C1(c2cccs2)CCC2(CCN(C(=O)C3COC3)C2)CC1. The minimum atomic E-state index is 0.135. The Labute approximate surface area is 148 Å². The van der Waals surface area contributed by atoms with E-state index in [1.807, 2.05) is 11.3 Å². The fourth-order valence-electron chi connectivity index (χ4n) is 4.82. The van der Waals surface area contributed by atoms with Gasteiger partial charge in [0.15, 0.2) is 0 Å². The molecule has 3 fully saturated rings. The van der Waals surface area contributed by atoms with Crippen LogP contribution in [-0.2, 0) is 15.1 Å². The summed E-state index contributed by atoms with van der Waals surface area (Å²) < 4.78 is 5.20. The molecule has 3 heterocycles. The zero-order valence-corrected chi connectivity index (χ0v) is 15.6. The van der Waals surface area contributed by atoms with Gasteiger partial charge in [0, 0.05) is 18.0 Å². The molecule has 2 aliphatic heterocycles. The lowest BCUT2D eigenvalue weighted by Gasteiger charge is -2.48. The van der Waals surface area contributed by atoms with E-state index >= 15 is 0 Å². The van der Waals surface area contributed by atoms with E-state index in [1.54, 1.807) is 0 Å². The molecule has 1 aromatic rings. The second-order valence-corrected chi connectivity index (χ2v) is 9.10. The lowest BCUT2D eigenvalue weighted by Crippen LogP contribution is -2.48. The number of rotatable bonds is 3. The zero-order chi connectivity index (χ0) is 16.8. The van der Waals surface area contributed by atoms with Crippen molar-refractivity contribution in [1.29, 1.82) is 0 Å². The molecule has 5 heteroatoms. The van der Waals surface area contributed by atoms with Crippen molar-refractivity contribution in [1.82, 2.24) is 9.80 Å².